The molecule has 0 fully saturated rings. The third-order valence-corrected chi connectivity index (χ3v) is 5.52. The summed E-state index contributed by atoms with van der Waals surface area (Å²) in [4.78, 5) is 1.50. The van der Waals surface area contributed by atoms with Gasteiger partial charge < -0.3 is 5.32 Å². The van der Waals surface area contributed by atoms with Crippen molar-refractivity contribution in [2.24, 2.45) is 5.41 Å². The minimum atomic E-state index is 0.429. The number of hydrogen-bond donors (Lipinski definition) is 1. The quantitative estimate of drug-likeness (QED) is 0.722. The van der Waals surface area contributed by atoms with Crippen LogP contribution >= 0.6 is 27.3 Å². The highest BCUT2D eigenvalue weighted by atomic mass is 79.9. The van der Waals surface area contributed by atoms with Gasteiger partial charge in [-0.3, -0.25) is 0 Å². The predicted molar refractivity (Wildman–Crippen MR) is 81.9 cm³/mol. The van der Waals surface area contributed by atoms with Crippen LogP contribution in [0.2, 0.25) is 0 Å². The molecule has 0 bridgehead atoms. The first-order valence-electron chi connectivity index (χ1n) is 6.54. The predicted octanol–water partition coefficient (Wildman–Crippen LogP) is 4.86. The fourth-order valence-electron chi connectivity index (χ4n) is 2.38. The molecule has 1 atom stereocenters. The van der Waals surface area contributed by atoms with Crippen molar-refractivity contribution in [3.63, 3.8) is 0 Å². The third-order valence-electron chi connectivity index (χ3n) is 3.59. The molecule has 0 aromatic carbocycles. The molecule has 98 valence electrons. The lowest BCUT2D eigenvalue weighted by Crippen LogP contribution is -2.34. The molecule has 0 radical (unpaired) electrons. The third kappa shape index (κ3) is 4.38. The molecular weight excluding hydrogens is 294 g/mol. The van der Waals surface area contributed by atoms with Crippen LogP contribution in [0, 0.1) is 5.41 Å². The second-order valence-electron chi connectivity index (χ2n) is 4.86. The van der Waals surface area contributed by atoms with E-state index in [2.05, 4.69) is 53.6 Å². The van der Waals surface area contributed by atoms with Gasteiger partial charge in [-0.25, -0.2) is 0 Å². The molecule has 0 aliphatic rings. The van der Waals surface area contributed by atoms with Crippen molar-refractivity contribution in [1.82, 2.24) is 5.32 Å². The molecule has 0 aliphatic carbocycles. The summed E-state index contributed by atoms with van der Waals surface area (Å²) in [5.74, 6) is 0. The van der Waals surface area contributed by atoms with Crippen LogP contribution in [0.5, 0.6) is 0 Å². The minimum absolute atomic E-state index is 0.429. The van der Waals surface area contributed by atoms with Gasteiger partial charge >= 0.3 is 0 Å². The van der Waals surface area contributed by atoms with Gasteiger partial charge in [0.15, 0.2) is 0 Å². The van der Waals surface area contributed by atoms with Gasteiger partial charge in [0.1, 0.15) is 0 Å². The Morgan fingerprint density at radius 1 is 1.41 bits per heavy atom. The van der Waals surface area contributed by atoms with Crippen LogP contribution in [0.4, 0.5) is 0 Å². The van der Waals surface area contributed by atoms with Crippen molar-refractivity contribution in [2.75, 3.05) is 13.6 Å². The molecule has 1 aromatic rings. The van der Waals surface area contributed by atoms with E-state index in [0.717, 1.165) is 6.54 Å². The summed E-state index contributed by atoms with van der Waals surface area (Å²) in [5.41, 5.74) is 0.429. The van der Waals surface area contributed by atoms with E-state index in [1.165, 1.54) is 41.5 Å². The molecule has 0 saturated carbocycles. The highest BCUT2D eigenvalue weighted by Gasteiger charge is 2.28. The molecule has 0 spiro atoms. The summed E-state index contributed by atoms with van der Waals surface area (Å²) in [6, 6.07) is 2.17. The van der Waals surface area contributed by atoms with Gasteiger partial charge in [-0.2, -0.15) is 0 Å². The lowest BCUT2D eigenvalue weighted by atomic mass is 9.77. The SMILES string of the molecule is CCCCC(CC)(CNC)Cc1sccc1Br. The maximum Gasteiger partial charge on any atom is 0.0314 e. The van der Waals surface area contributed by atoms with Crippen LogP contribution in [0.25, 0.3) is 0 Å². The van der Waals surface area contributed by atoms with E-state index in [1.807, 2.05) is 11.3 Å². The van der Waals surface area contributed by atoms with E-state index in [0.29, 0.717) is 5.41 Å². The first-order chi connectivity index (χ1) is 8.17. The number of thiophene rings is 1. The van der Waals surface area contributed by atoms with Crippen molar-refractivity contribution < 1.29 is 0 Å². The Morgan fingerprint density at radius 2 is 2.18 bits per heavy atom. The maximum atomic E-state index is 3.66. The van der Waals surface area contributed by atoms with Crippen LogP contribution in [-0.2, 0) is 6.42 Å². The highest BCUT2D eigenvalue weighted by Crippen LogP contribution is 2.36. The van der Waals surface area contributed by atoms with E-state index in [1.54, 1.807) is 0 Å². The van der Waals surface area contributed by atoms with Crippen LogP contribution in [0.15, 0.2) is 15.9 Å². The normalized spacial score (nSPS) is 14.8. The fourth-order valence-corrected chi connectivity index (χ4v) is 4.05. The molecule has 3 heteroatoms. The Morgan fingerprint density at radius 3 is 2.65 bits per heavy atom. The Bertz CT molecular complexity index is 324. The first-order valence-corrected chi connectivity index (χ1v) is 8.21. The summed E-state index contributed by atoms with van der Waals surface area (Å²) < 4.78 is 1.29. The van der Waals surface area contributed by atoms with Gasteiger partial charge in [0.2, 0.25) is 0 Å². The topological polar surface area (TPSA) is 12.0 Å². The van der Waals surface area contributed by atoms with Crippen LogP contribution in [-0.4, -0.2) is 13.6 Å². The molecule has 1 rings (SSSR count). The van der Waals surface area contributed by atoms with Gasteiger partial charge in [0, 0.05) is 15.9 Å². The second kappa shape index (κ2) is 7.55. The van der Waals surface area contributed by atoms with Crippen molar-refractivity contribution in [2.45, 2.75) is 46.0 Å². The summed E-state index contributed by atoms with van der Waals surface area (Å²) >= 11 is 5.53. The number of unbranched alkanes of at least 4 members (excludes halogenated alkanes) is 1. The summed E-state index contributed by atoms with van der Waals surface area (Å²) in [6.45, 7) is 5.73. The minimum Gasteiger partial charge on any atom is -0.319 e. The number of hydrogen-bond acceptors (Lipinski definition) is 2. The molecule has 0 saturated heterocycles. The standard InChI is InChI=1S/C14H24BrNS/c1-4-6-8-14(5-2,11-16-3)10-13-12(15)7-9-17-13/h7,9,16H,4-6,8,10-11H2,1-3H3. The molecule has 1 aromatic heterocycles. The Balaban J connectivity index is 2.77. The van der Waals surface area contributed by atoms with Crippen molar-refractivity contribution >= 4 is 27.3 Å². The average Bonchev–Trinajstić information content (AvgIpc) is 2.72. The van der Waals surface area contributed by atoms with Crippen LogP contribution in [0.3, 0.4) is 0 Å². The molecule has 1 nitrogen and oxygen atoms in total. The summed E-state index contributed by atoms with van der Waals surface area (Å²) in [7, 11) is 2.07. The zero-order valence-electron chi connectivity index (χ0n) is 11.2. The average molecular weight is 318 g/mol. The van der Waals surface area contributed by atoms with Crippen LogP contribution < -0.4 is 5.32 Å². The Kier molecular flexibility index (Phi) is 6.75. The van der Waals surface area contributed by atoms with Gasteiger partial charge in [-0.15, -0.1) is 11.3 Å². The lowest BCUT2D eigenvalue weighted by Gasteiger charge is -2.32. The summed E-state index contributed by atoms with van der Waals surface area (Å²) in [6.07, 6.45) is 6.39. The summed E-state index contributed by atoms with van der Waals surface area (Å²) in [5, 5.41) is 5.57. The van der Waals surface area contributed by atoms with Gasteiger partial charge in [-0.1, -0.05) is 26.7 Å². The fraction of sp³-hybridized carbons (Fsp3) is 0.714. The second-order valence-corrected chi connectivity index (χ2v) is 6.71. The maximum absolute atomic E-state index is 3.66. The largest absolute Gasteiger partial charge is 0.319 e. The van der Waals surface area contributed by atoms with E-state index in [4.69, 9.17) is 0 Å². The molecule has 17 heavy (non-hydrogen) atoms. The Hall–Kier alpha value is 0.140. The molecule has 1 N–H and O–H groups in total. The molecule has 0 amide bonds. The van der Waals surface area contributed by atoms with E-state index in [9.17, 15) is 0 Å². The van der Waals surface area contributed by atoms with E-state index in [-0.39, 0.29) is 0 Å². The smallest absolute Gasteiger partial charge is 0.0314 e. The molecule has 0 aliphatic heterocycles. The Labute approximate surface area is 118 Å². The van der Waals surface area contributed by atoms with Crippen LogP contribution in [0.1, 0.15) is 44.4 Å². The van der Waals surface area contributed by atoms with Gasteiger partial charge in [0.25, 0.3) is 0 Å². The van der Waals surface area contributed by atoms with Crippen molar-refractivity contribution in [3.05, 3.63) is 20.8 Å². The number of rotatable bonds is 8. The molecule has 1 unspecified atom stereocenters. The lowest BCUT2D eigenvalue weighted by molar-refractivity contribution is 0.236. The van der Waals surface area contributed by atoms with Gasteiger partial charge in [0.05, 0.1) is 0 Å². The first kappa shape index (κ1) is 15.2. The monoisotopic (exact) mass is 317 g/mol. The van der Waals surface area contributed by atoms with Crippen molar-refractivity contribution in [1.29, 1.82) is 0 Å². The van der Waals surface area contributed by atoms with Gasteiger partial charge in [-0.05, 0) is 59.1 Å². The highest BCUT2D eigenvalue weighted by molar-refractivity contribution is 9.10. The zero-order valence-corrected chi connectivity index (χ0v) is 13.6. The zero-order chi connectivity index (χ0) is 12.7. The number of halogens is 1. The van der Waals surface area contributed by atoms with Crippen molar-refractivity contribution in [3.8, 4) is 0 Å². The van der Waals surface area contributed by atoms with E-state index >= 15 is 0 Å². The molecule has 1 heterocycles. The van der Waals surface area contributed by atoms with E-state index < -0.39 is 0 Å². The molecular formula is C14H24BrNS. The number of nitrogens with one attached hydrogen (secondary N) is 1.